The highest BCUT2D eigenvalue weighted by molar-refractivity contribution is 7.80. The Hall–Kier alpha value is -1.27. The van der Waals surface area contributed by atoms with E-state index in [2.05, 4.69) is 12.6 Å². The van der Waals surface area contributed by atoms with Crippen LogP contribution in [0.15, 0.2) is 24.3 Å². The number of hydrogen-bond acceptors (Lipinski definition) is 2. The summed E-state index contributed by atoms with van der Waals surface area (Å²) in [5, 5.41) is 8.74. The number of halogens is 1. The summed E-state index contributed by atoms with van der Waals surface area (Å²) in [5.74, 6) is 0.419. The lowest BCUT2D eigenvalue weighted by Crippen LogP contribution is -1.84. The first-order chi connectivity index (χ1) is 6.77. The number of thiol groups is 1. The van der Waals surface area contributed by atoms with Gasteiger partial charge in [0.05, 0.1) is 11.6 Å². The molecule has 0 atom stereocenters. The second-order valence-electron chi connectivity index (χ2n) is 2.76. The van der Waals surface area contributed by atoms with E-state index in [0.717, 1.165) is 12.2 Å². The molecule has 3 heteroatoms. The van der Waals surface area contributed by atoms with Gasteiger partial charge in [-0.3, -0.25) is 0 Å². The van der Waals surface area contributed by atoms with Crippen molar-refractivity contribution < 1.29 is 4.39 Å². The molecule has 0 amide bonds. The summed E-state index contributed by atoms with van der Waals surface area (Å²) in [6, 6.07) is 6.14. The van der Waals surface area contributed by atoms with E-state index < -0.39 is 0 Å². The normalized spacial score (nSPS) is 10.4. The smallest absolute Gasteiger partial charge is 0.123 e. The molecule has 14 heavy (non-hydrogen) atoms. The molecule has 0 saturated heterocycles. The molecule has 0 aliphatic heterocycles. The predicted octanol–water partition coefficient (Wildman–Crippen LogP) is 3.03. The van der Waals surface area contributed by atoms with Gasteiger partial charge in [0.1, 0.15) is 5.82 Å². The van der Waals surface area contributed by atoms with Gasteiger partial charge in [-0.05, 0) is 35.9 Å². The van der Waals surface area contributed by atoms with Crippen LogP contribution in [0.5, 0.6) is 0 Å². The van der Waals surface area contributed by atoms with Crippen LogP contribution in [0.1, 0.15) is 17.5 Å². The molecule has 0 bridgehead atoms. The fraction of sp³-hybridized carbons (Fsp3) is 0.182. The third-order valence-electron chi connectivity index (χ3n) is 1.73. The van der Waals surface area contributed by atoms with E-state index in [9.17, 15) is 4.39 Å². The number of benzene rings is 1. The van der Waals surface area contributed by atoms with E-state index in [0.29, 0.717) is 11.1 Å². The van der Waals surface area contributed by atoms with Crippen LogP contribution >= 0.6 is 12.6 Å². The van der Waals surface area contributed by atoms with Crippen LogP contribution in [-0.4, -0.2) is 5.75 Å². The van der Waals surface area contributed by atoms with Gasteiger partial charge < -0.3 is 0 Å². The molecule has 72 valence electrons. The Morgan fingerprint density at radius 2 is 2.29 bits per heavy atom. The van der Waals surface area contributed by atoms with Crippen molar-refractivity contribution in [1.29, 1.82) is 5.26 Å². The first-order valence-corrected chi connectivity index (χ1v) is 4.88. The van der Waals surface area contributed by atoms with Crippen LogP contribution in [0.2, 0.25) is 0 Å². The van der Waals surface area contributed by atoms with Crippen LogP contribution in [0.4, 0.5) is 4.39 Å². The second-order valence-corrected chi connectivity index (χ2v) is 3.21. The van der Waals surface area contributed by atoms with E-state index in [1.54, 1.807) is 6.08 Å². The van der Waals surface area contributed by atoms with Crippen molar-refractivity contribution in [3.8, 4) is 6.07 Å². The predicted molar refractivity (Wildman–Crippen MR) is 58.6 cm³/mol. The summed E-state index contributed by atoms with van der Waals surface area (Å²) < 4.78 is 12.8. The Bertz CT molecular complexity index is 379. The highest BCUT2D eigenvalue weighted by Gasteiger charge is 1.99. The first-order valence-electron chi connectivity index (χ1n) is 4.25. The molecule has 1 rings (SSSR count). The molecule has 0 aliphatic rings. The van der Waals surface area contributed by atoms with E-state index in [-0.39, 0.29) is 5.82 Å². The summed E-state index contributed by atoms with van der Waals surface area (Å²) in [5.41, 5.74) is 1.11. The third-order valence-corrected chi connectivity index (χ3v) is 1.99. The average Bonchev–Trinajstić information content (AvgIpc) is 2.19. The number of nitrogens with zero attached hydrogens (tertiary/aromatic N) is 1. The van der Waals surface area contributed by atoms with E-state index in [1.165, 1.54) is 18.2 Å². The summed E-state index contributed by atoms with van der Waals surface area (Å²) >= 11 is 4.05. The van der Waals surface area contributed by atoms with Gasteiger partial charge in [0.2, 0.25) is 0 Å². The monoisotopic (exact) mass is 207 g/mol. The fourth-order valence-corrected chi connectivity index (χ4v) is 1.21. The van der Waals surface area contributed by atoms with Crippen LogP contribution in [0.25, 0.3) is 6.08 Å². The van der Waals surface area contributed by atoms with E-state index in [4.69, 9.17) is 5.26 Å². The molecule has 1 aromatic rings. The average molecular weight is 207 g/mol. The second kappa shape index (κ2) is 5.46. The van der Waals surface area contributed by atoms with Crippen molar-refractivity contribution in [3.05, 3.63) is 41.2 Å². The van der Waals surface area contributed by atoms with Crippen LogP contribution in [-0.2, 0) is 0 Å². The minimum atomic E-state index is -0.325. The van der Waals surface area contributed by atoms with Gasteiger partial charge in [-0.15, -0.1) is 0 Å². The van der Waals surface area contributed by atoms with E-state index >= 15 is 0 Å². The SMILES string of the molecule is N#Cc1ccc(F)cc1C=CCCS. The third kappa shape index (κ3) is 2.90. The van der Waals surface area contributed by atoms with Crippen LogP contribution < -0.4 is 0 Å². The Morgan fingerprint density at radius 3 is 2.93 bits per heavy atom. The largest absolute Gasteiger partial charge is 0.207 e. The molecular formula is C11H10FNS. The van der Waals surface area contributed by atoms with Crippen molar-refractivity contribution >= 4 is 18.7 Å². The van der Waals surface area contributed by atoms with Crippen molar-refractivity contribution in [2.75, 3.05) is 5.75 Å². The summed E-state index contributed by atoms with van der Waals surface area (Å²) in [4.78, 5) is 0. The van der Waals surface area contributed by atoms with Gasteiger partial charge in [-0.25, -0.2) is 4.39 Å². The Morgan fingerprint density at radius 1 is 1.50 bits per heavy atom. The Kier molecular flexibility index (Phi) is 4.21. The zero-order chi connectivity index (χ0) is 10.4. The molecule has 0 N–H and O–H groups in total. The van der Waals surface area contributed by atoms with E-state index in [1.807, 2.05) is 12.1 Å². The lowest BCUT2D eigenvalue weighted by atomic mass is 10.1. The molecular weight excluding hydrogens is 197 g/mol. The molecule has 0 aromatic heterocycles. The van der Waals surface area contributed by atoms with Crippen molar-refractivity contribution in [2.24, 2.45) is 0 Å². The maximum Gasteiger partial charge on any atom is 0.123 e. The van der Waals surface area contributed by atoms with Gasteiger partial charge in [-0.1, -0.05) is 12.2 Å². The first kappa shape index (κ1) is 10.8. The fourth-order valence-electron chi connectivity index (χ4n) is 1.06. The number of rotatable bonds is 3. The maximum atomic E-state index is 12.8. The minimum Gasteiger partial charge on any atom is -0.207 e. The molecule has 0 aliphatic carbocycles. The number of nitriles is 1. The van der Waals surface area contributed by atoms with Crippen molar-refractivity contribution in [2.45, 2.75) is 6.42 Å². The number of allylic oxidation sites excluding steroid dienone is 1. The zero-order valence-corrected chi connectivity index (χ0v) is 8.47. The van der Waals surface area contributed by atoms with Crippen molar-refractivity contribution in [1.82, 2.24) is 0 Å². The molecule has 0 unspecified atom stereocenters. The standard InChI is InChI=1S/C11H10FNS/c12-11-5-4-10(8-13)9(7-11)3-1-2-6-14/h1,3-5,7,14H,2,6H2. The lowest BCUT2D eigenvalue weighted by molar-refractivity contribution is 0.627. The van der Waals surface area contributed by atoms with Crippen LogP contribution in [0, 0.1) is 17.1 Å². The molecule has 0 saturated carbocycles. The lowest BCUT2D eigenvalue weighted by Gasteiger charge is -1.97. The van der Waals surface area contributed by atoms with Gasteiger partial charge >= 0.3 is 0 Å². The Balaban J connectivity index is 2.94. The summed E-state index contributed by atoms with van der Waals surface area (Å²) in [6.07, 6.45) is 4.44. The highest BCUT2D eigenvalue weighted by Crippen LogP contribution is 2.12. The van der Waals surface area contributed by atoms with Gasteiger partial charge in [0.15, 0.2) is 0 Å². The number of hydrogen-bond donors (Lipinski definition) is 1. The maximum absolute atomic E-state index is 12.8. The summed E-state index contributed by atoms with van der Waals surface area (Å²) in [7, 11) is 0. The van der Waals surface area contributed by atoms with Gasteiger partial charge in [0, 0.05) is 0 Å². The summed E-state index contributed by atoms with van der Waals surface area (Å²) in [6.45, 7) is 0. The molecule has 1 nitrogen and oxygen atoms in total. The highest BCUT2D eigenvalue weighted by atomic mass is 32.1. The quantitative estimate of drug-likeness (QED) is 0.757. The van der Waals surface area contributed by atoms with Gasteiger partial charge in [-0.2, -0.15) is 17.9 Å². The van der Waals surface area contributed by atoms with Gasteiger partial charge in [0.25, 0.3) is 0 Å². The topological polar surface area (TPSA) is 23.8 Å². The Labute approximate surface area is 88.3 Å². The zero-order valence-electron chi connectivity index (χ0n) is 7.57. The minimum absolute atomic E-state index is 0.325. The molecule has 0 radical (unpaired) electrons. The molecule has 0 heterocycles. The van der Waals surface area contributed by atoms with Crippen LogP contribution in [0.3, 0.4) is 0 Å². The molecule has 1 aromatic carbocycles. The molecule has 0 fully saturated rings. The molecule has 0 spiro atoms. The van der Waals surface area contributed by atoms with Crippen molar-refractivity contribution in [3.63, 3.8) is 0 Å².